The topological polar surface area (TPSA) is 73.6 Å². The number of carbonyl (C=O) groups excluding carboxylic acids is 1. The van der Waals surface area contributed by atoms with Gasteiger partial charge in [-0.1, -0.05) is 0 Å². The molecular weight excluding hydrogens is 232 g/mol. The van der Waals surface area contributed by atoms with E-state index >= 15 is 0 Å². The summed E-state index contributed by atoms with van der Waals surface area (Å²) in [5, 5.41) is 18.5. The molecule has 1 amide bonds. The summed E-state index contributed by atoms with van der Waals surface area (Å²) in [5.74, 6) is 0. The molecule has 1 rings (SSSR count). The molecule has 0 spiro atoms. The first-order chi connectivity index (χ1) is 8.24. The number of nitriles is 1. The van der Waals surface area contributed by atoms with Crippen LogP contribution in [0.1, 0.15) is 47.0 Å². The minimum absolute atomic E-state index is 0.109. The standard InChI is InChI=1S/C13H22N2O3/c1-9-7-11(16)8-10(5-6-14)15(9)12(17)18-13(2,3)4/h9-11,16H,5,7-8H2,1-4H3/t9-,10-,11+/m1/s1. The average molecular weight is 254 g/mol. The molecule has 102 valence electrons. The maximum absolute atomic E-state index is 12.1. The largest absolute Gasteiger partial charge is 0.444 e. The summed E-state index contributed by atoms with van der Waals surface area (Å²) in [4.78, 5) is 13.7. The second-order valence-electron chi connectivity index (χ2n) is 5.88. The van der Waals surface area contributed by atoms with Crippen LogP contribution in [0.2, 0.25) is 0 Å². The minimum Gasteiger partial charge on any atom is -0.444 e. The molecule has 5 nitrogen and oxygen atoms in total. The Kier molecular flexibility index (Phi) is 4.58. The Balaban J connectivity index is 2.81. The zero-order valence-corrected chi connectivity index (χ0v) is 11.5. The number of ether oxygens (including phenoxy) is 1. The fourth-order valence-corrected chi connectivity index (χ4v) is 2.32. The Hall–Kier alpha value is -1.28. The van der Waals surface area contributed by atoms with Gasteiger partial charge in [0.25, 0.3) is 0 Å². The number of nitrogens with zero attached hydrogens (tertiary/aromatic N) is 2. The molecule has 1 N–H and O–H groups in total. The second-order valence-corrected chi connectivity index (χ2v) is 5.88. The van der Waals surface area contributed by atoms with Gasteiger partial charge in [0.2, 0.25) is 0 Å². The molecule has 0 radical (unpaired) electrons. The maximum Gasteiger partial charge on any atom is 0.410 e. The zero-order valence-electron chi connectivity index (χ0n) is 11.5. The lowest BCUT2D eigenvalue weighted by Crippen LogP contribution is -2.53. The first-order valence-electron chi connectivity index (χ1n) is 6.31. The van der Waals surface area contributed by atoms with E-state index < -0.39 is 17.8 Å². The van der Waals surface area contributed by atoms with Crippen molar-refractivity contribution in [1.82, 2.24) is 4.90 Å². The van der Waals surface area contributed by atoms with E-state index in [0.717, 1.165) is 0 Å². The SMILES string of the molecule is C[C@@H]1C[C@H](O)C[C@@H](CC#N)N1C(=O)OC(C)(C)C. The Morgan fingerprint density at radius 3 is 2.61 bits per heavy atom. The van der Waals surface area contributed by atoms with Crippen LogP contribution in [0.4, 0.5) is 4.79 Å². The molecular formula is C13H22N2O3. The van der Waals surface area contributed by atoms with Gasteiger partial charge in [0.05, 0.1) is 24.6 Å². The highest BCUT2D eigenvalue weighted by Crippen LogP contribution is 2.27. The summed E-state index contributed by atoms with van der Waals surface area (Å²) in [6.07, 6.45) is 0.345. The Bertz CT molecular complexity index is 343. The molecule has 1 aliphatic heterocycles. The van der Waals surface area contributed by atoms with Gasteiger partial charge < -0.3 is 14.7 Å². The number of amides is 1. The summed E-state index contributed by atoms with van der Waals surface area (Å²) >= 11 is 0. The van der Waals surface area contributed by atoms with E-state index in [2.05, 4.69) is 6.07 Å². The van der Waals surface area contributed by atoms with Gasteiger partial charge in [0, 0.05) is 6.04 Å². The number of aliphatic hydroxyl groups excluding tert-OH is 1. The molecule has 1 saturated heterocycles. The van der Waals surface area contributed by atoms with E-state index in [1.54, 1.807) is 4.90 Å². The summed E-state index contributed by atoms with van der Waals surface area (Å²) in [6.45, 7) is 7.31. The van der Waals surface area contributed by atoms with Crippen molar-refractivity contribution >= 4 is 6.09 Å². The molecule has 3 atom stereocenters. The third kappa shape index (κ3) is 3.88. The van der Waals surface area contributed by atoms with E-state index in [9.17, 15) is 9.90 Å². The highest BCUT2D eigenvalue weighted by atomic mass is 16.6. The first-order valence-corrected chi connectivity index (χ1v) is 6.31. The van der Waals surface area contributed by atoms with Gasteiger partial charge in [0.1, 0.15) is 5.60 Å². The average Bonchev–Trinajstić information content (AvgIpc) is 2.13. The number of piperidine rings is 1. The van der Waals surface area contributed by atoms with Crippen LogP contribution < -0.4 is 0 Å². The third-order valence-electron chi connectivity index (χ3n) is 2.96. The van der Waals surface area contributed by atoms with E-state index in [1.165, 1.54) is 0 Å². The number of hydrogen-bond donors (Lipinski definition) is 1. The van der Waals surface area contributed by atoms with Gasteiger partial charge in [-0.25, -0.2) is 4.79 Å². The van der Waals surface area contributed by atoms with Crippen LogP contribution >= 0.6 is 0 Å². The molecule has 18 heavy (non-hydrogen) atoms. The van der Waals surface area contributed by atoms with Crippen LogP contribution in [0, 0.1) is 11.3 Å². The van der Waals surface area contributed by atoms with E-state index in [0.29, 0.717) is 12.8 Å². The molecule has 1 aliphatic rings. The Labute approximate surface area is 108 Å². The van der Waals surface area contributed by atoms with Crippen LogP contribution in [-0.4, -0.2) is 39.9 Å². The van der Waals surface area contributed by atoms with Gasteiger partial charge in [-0.2, -0.15) is 5.26 Å². The summed E-state index contributed by atoms with van der Waals surface area (Å²) in [6, 6.07) is 1.70. The second kappa shape index (κ2) is 5.57. The Morgan fingerprint density at radius 1 is 1.50 bits per heavy atom. The van der Waals surface area contributed by atoms with Crippen molar-refractivity contribution < 1.29 is 14.6 Å². The fraction of sp³-hybridized carbons (Fsp3) is 0.846. The van der Waals surface area contributed by atoms with Crippen molar-refractivity contribution in [3.63, 3.8) is 0 Å². The summed E-state index contributed by atoms with van der Waals surface area (Å²) < 4.78 is 5.36. The summed E-state index contributed by atoms with van der Waals surface area (Å²) in [7, 11) is 0. The molecule has 0 bridgehead atoms. The van der Waals surface area contributed by atoms with Crippen molar-refractivity contribution in [3.05, 3.63) is 0 Å². The number of rotatable bonds is 1. The van der Waals surface area contributed by atoms with E-state index in [4.69, 9.17) is 10.00 Å². The number of likely N-dealkylation sites (tertiary alicyclic amines) is 1. The predicted molar refractivity (Wildman–Crippen MR) is 66.8 cm³/mol. The zero-order chi connectivity index (χ0) is 13.9. The number of carbonyl (C=O) groups is 1. The first kappa shape index (κ1) is 14.8. The van der Waals surface area contributed by atoms with Gasteiger partial charge in [-0.05, 0) is 40.5 Å². The molecule has 0 aromatic heterocycles. The van der Waals surface area contributed by atoms with Gasteiger partial charge in [-0.15, -0.1) is 0 Å². The van der Waals surface area contributed by atoms with Crippen LogP contribution in [0.25, 0.3) is 0 Å². The molecule has 0 unspecified atom stereocenters. The van der Waals surface area contributed by atoms with Crippen LogP contribution in [0.15, 0.2) is 0 Å². The molecule has 0 aliphatic carbocycles. The van der Waals surface area contributed by atoms with Crippen molar-refractivity contribution in [3.8, 4) is 6.07 Å². The monoisotopic (exact) mass is 254 g/mol. The molecule has 0 aromatic rings. The van der Waals surface area contributed by atoms with Gasteiger partial charge in [-0.3, -0.25) is 0 Å². The molecule has 5 heteroatoms. The van der Waals surface area contributed by atoms with E-state index in [1.807, 2.05) is 27.7 Å². The van der Waals surface area contributed by atoms with Crippen molar-refractivity contribution in [2.45, 2.75) is 70.7 Å². The molecule has 0 saturated carbocycles. The molecule has 0 aromatic carbocycles. The number of hydrogen-bond acceptors (Lipinski definition) is 4. The third-order valence-corrected chi connectivity index (χ3v) is 2.96. The quantitative estimate of drug-likeness (QED) is 0.777. The van der Waals surface area contributed by atoms with Crippen LogP contribution in [-0.2, 0) is 4.74 Å². The fourth-order valence-electron chi connectivity index (χ4n) is 2.32. The number of aliphatic hydroxyl groups is 1. The molecule has 1 heterocycles. The van der Waals surface area contributed by atoms with E-state index in [-0.39, 0.29) is 18.5 Å². The van der Waals surface area contributed by atoms with Gasteiger partial charge >= 0.3 is 6.09 Å². The highest BCUT2D eigenvalue weighted by Gasteiger charge is 2.37. The Morgan fingerprint density at radius 2 is 2.11 bits per heavy atom. The maximum atomic E-state index is 12.1. The lowest BCUT2D eigenvalue weighted by atomic mass is 9.93. The minimum atomic E-state index is -0.552. The van der Waals surface area contributed by atoms with Crippen molar-refractivity contribution in [2.24, 2.45) is 0 Å². The predicted octanol–water partition coefficient (Wildman–Crippen LogP) is 2.05. The van der Waals surface area contributed by atoms with Crippen LogP contribution in [0.5, 0.6) is 0 Å². The lowest BCUT2D eigenvalue weighted by molar-refractivity contribution is -0.0251. The smallest absolute Gasteiger partial charge is 0.410 e. The van der Waals surface area contributed by atoms with Gasteiger partial charge in [0.15, 0.2) is 0 Å². The lowest BCUT2D eigenvalue weighted by Gasteiger charge is -2.42. The van der Waals surface area contributed by atoms with Crippen molar-refractivity contribution in [2.75, 3.05) is 0 Å². The summed E-state index contributed by atoms with van der Waals surface area (Å²) in [5.41, 5.74) is -0.552. The van der Waals surface area contributed by atoms with Crippen LogP contribution in [0.3, 0.4) is 0 Å². The highest BCUT2D eigenvalue weighted by molar-refractivity contribution is 5.69. The normalized spacial score (nSPS) is 28.7. The van der Waals surface area contributed by atoms with Crippen molar-refractivity contribution in [1.29, 1.82) is 5.26 Å². The molecule has 1 fully saturated rings.